The number of benzene rings is 1. The van der Waals surface area contributed by atoms with Gasteiger partial charge in [-0.25, -0.2) is 12.8 Å². The van der Waals surface area contributed by atoms with Crippen LogP contribution in [0.2, 0.25) is 0 Å². The highest BCUT2D eigenvalue weighted by atomic mass is 32.2. The lowest BCUT2D eigenvalue weighted by atomic mass is 10.2. The van der Waals surface area contributed by atoms with E-state index < -0.39 is 15.7 Å². The monoisotopic (exact) mass is 187 g/mol. The third-order valence-corrected chi connectivity index (χ3v) is 2.12. The fourth-order valence-electron chi connectivity index (χ4n) is 0.873. The molecule has 1 radical (unpaired) electrons. The number of halogens is 1. The van der Waals surface area contributed by atoms with E-state index in [1.165, 1.54) is 18.2 Å². The van der Waals surface area contributed by atoms with Crippen molar-refractivity contribution >= 4 is 9.84 Å². The Hall–Kier alpha value is -0.900. The van der Waals surface area contributed by atoms with Crippen molar-refractivity contribution in [2.45, 2.75) is 5.75 Å². The second-order valence-electron chi connectivity index (χ2n) is 2.61. The Labute approximate surface area is 71.0 Å². The molecular weight excluding hydrogens is 179 g/mol. The van der Waals surface area contributed by atoms with Crippen LogP contribution in [0.25, 0.3) is 0 Å². The molecule has 0 unspecified atom stereocenters. The van der Waals surface area contributed by atoms with E-state index in [2.05, 4.69) is 6.07 Å². The summed E-state index contributed by atoms with van der Waals surface area (Å²) in [4.78, 5) is 0. The number of rotatable bonds is 2. The molecule has 4 heteroatoms. The molecule has 0 aliphatic rings. The molecule has 0 spiro atoms. The zero-order chi connectivity index (χ0) is 9.19. The van der Waals surface area contributed by atoms with Crippen molar-refractivity contribution in [3.63, 3.8) is 0 Å². The Bertz CT molecular complexity index is 370. The molecule has 1 aromatic rings. The summed E-state index contributed by atoms with van der Waals surface area (Å²) in [7, 11) is -3.07. The molecule has 0 aliphatic heterocycles. The maximum absolute atomic E-state index is 12.5. The standard InChI is InChI=1S/C8H8FO2S/c1-12(10,11)6-7-3-2-4-8(9)5-7/h2-3,5H,6H2,1H3. The van der Waals surface area contributed by atoms with Crippen molar-refractivity contribution in [1.29, 1.82) is 0 Å². The lowest BCUT2D eigenvalue weighted by Crippen LogP contribution is -2.00. The van der Waals surface area contributed by atoms with Gasteiger partial charge in [-0.05, 0) is 11.6 Å². The Morgan fingerprint density at radius 3 is 2.75 bits per heavy atom. The van der Waals surface area contributed by atoms with Gasteiger partial charge in [0.1, 0.15) is 5.82 Å². The maximum Gasteiger partial charge on any atom is 0.151 e. The van der Waals surface area contributed by atoms with Gasteiger partial charge >= 0.3 is 0 Å². The van der Waals surface area contributed by atoms with E-state index in [0.717, 1.165) is 6.26 Å². The summed E-state index contributed by atoms with van der Waals surface area (Å²) in [5, 5.41) is 0. The minimum absolute atomic E-state index is 0.126. The predicted octanol–water partition coefficient (Wildman–Crippen LogP) is 1.17. The highest BCUT2D eigenvalue weighted by Gasteiger charge is 2.04. The molecule has 0 amide bonds. The number of hydrogen-bond donors (Lipinski definition) is 0. The first-order chi connectivity index (χ1) is 5.47. The van der Waals surface area contributed by atoms with E-state index >= 15 is 0 Å². The lowest BCUT2D eigenvalue weighted by molar-refractivity contribution is 0.600. The van der Waals surface area contributed by atoms with E-state index in [4.69, 9.17) is 0 Å². The first kappa shape index (κ1) is 9.19. The molecule has 0 saturated carbocycles. The van der Waals surface area contributed by atoms with Crippen molar-refractivity contribution < 1.29 is 12.8 Å². The Morgan fingerprint density at radius 1 is 1.58 bits per heavy atom. The second-order valence-corrected chi connectivity index (χ2v) is 4.76. The highest BCUT2D eigenvalue weighted by Crippen LogP contribution is 2.06. The van der Waals surface area contributed by atoms with Crippen molar-refractivity contribution in [2.75, 3.05) is 6.26 Å². The van der Waals surface area contributed by atoms with Crippen LogP contribution >= 0.6 is 0 Å². The second kappa shape index (κ2) is 3.23. The summed E-state index contributed by atoms with van der Waals surface area (Å²) < 4.78 is 34.1. The fourth-order valence-corrected chi connectivity index (χ4v) is 1.66. The van der Waals surface area contributed by atoms with Crippen LogP contribution in [0.4, 0.5) is 4.39 Å². The van der Waals surface area contributed by atoms with Crippen molar-refractivity contribution in [3.05, 3.63) is 35.6 Å². The summed E-state index contributed by atoms with van der Waals surface area (Å²) in [6.45, 7) is 0. The first-order valence-corrected chi connectivity index (χ1v) is 5.37. The average molecular weight is 187 g/mol. The molecule has 0 atom stereocenters. The van der Waals surface area contributed by atoms with Gasteiger partial charge in [0.2, 0.25) is 0 Å². The van der Waals surface area contributed by atoms with Crippen LogP contribution in [0.15, 0.2) is 18.2 Å². The summed E-state index contributed by atoms with van der Waals surface area (Å²) in [5.74, 6) is -0.658. The van der Waals surface area contributed by atoms with Gasteiger partial charge in [-0.15, -0.1) is 0 Å². The Balaban J connectivity index is 2.91. The fraction of sp³-hybridized carbons (Fsp3) is 0.250. The van der Waals surface area contributed by atoms with Gasteiger partial charge in [0.25, 0.3) is 0 Å². The smallest absolute Gasteiger partial charge is 0.151 e. The van der Waals surface area contributed by atoms with E-state index in [0.29, 0.717) is 5.56 Å². The molecule has 1 rings (SSSR count). The van der Waals surface area contributed by atoms with Crippen LogP contribution in [-0.2, 0) is 15.6 Å². The normalized spacial score (nSPS) is 11.5. The van der Waals surface area contributed by atoms with Gasteiger partial charge in [0, 0.05) is 12.3 Å². The quantitative estimate of drug-likeness (QED) is 0.696. The summed E-state index contributed by atoms with van der Waals surface area (Å²) in [5.41, 5.74) is 0.453. The van der Waals surface area contributed by atoms with Gasteiger partial charge in [-0.3, -0.25) is 0 Å². The largest absolute Gasteiger partial charge is 0.229 e. The van der Waals surface area contributed by atoms with E-state index in [-0.39, 0.29) is 5.75 Å². The summed E-state index contributed by atoms with van der Waals surface area (Å²) in [6.07, 6.45) is 1.11. The van der Waals surface area contributed by atoms with Crippen LogP contribution in [-0.4, -0.2) is 14.7 Å². The van der Waals surface area contributed by atoms with Crippen LogP contribution in [0.1, 0.15) is 5.56 Å². The first-order valence-electron chi connectivity index (χ1n) is 3.31. The topological polar surface area (TPSA) is 34.1 Å². The maximum atomic E-state index is 12.5. The molecule has 0 aliphatic carbocycles. The molecule has 1 aromatic carbocycles. The average Bonchev–Trinajstić information content (AvgIpc) is 1.82. The van der Waals surface area contributed by atoms with Gasteiger partial charge in [0.15, 0.2) is 9.84 Å². The number of sulfone groups is 1. The molecule has 0 aromatic heterocycles. The Kier molecular flexibility index (Phi) is 2.47. The van der Waals surface area contributed by atoms with Gasteiger partial charge in [0.05, 0.1) is 5.75 Å². The predicted molar refractivity (Wildman–Crippen MR) is 43.8 cm³/mol. The third-order valence-electron chi connectivity index (χ3n) is 1.26. The zero-order valence-electron chi connectivity index (χ0n) is 6.54. The molecule has 12 heavy (non-hydrogen) atoms. The molecule has 0 N–H and O–H groups in total. The van der Waals surface area contributed by atoms with Crippen LogP contribution in [0.3, 0.4) is 0 Å². The van der Waals surface area contributed by atoms with Crippen molar-refractivity contribution in [1.82, 2.24) is 0 Å². The van der Waals surface area contributed by atoms with Gasteiger partial charge in [-0.1, -0.05) is 12.1 Å². The lowest BCUT2D eigenvalue weighted by Gasteiger charge is -1.97. The molecular formula is C8H8FO2S. The molecule has 0 saturated heterocycles. The zero-order valence-corrected chi connectivity index (χ0v) is 7.36. The van der Waals surface area contributed by atoms with Crippen molar-refractivity contribution in [2.24, 2.45) is 0 Å². The molecule has 0 heterocycles. The van der Waals surface area contributed by atoms with Gasteiger partial charge < -0.3 is 0 Å². The summed E-state index contributed by atoms with van der Waals surface area (Å²) >= 11 is 0. The van der Waals surface area contributed by atoms with Gasteiger partial charge in [-0.2, -0.15) is 0 Å². The molecule has 2 nitrogen and oxygen atoms in total. The molecule has 0 bridgehead atoms. The van der Waals surface area contributed by atoms with Crippen LogP contribution in [0, 0.1) is 11.9 Å². The SMILES string of the molecule is CS(=O)(=O)Cc1cc[c]c(F)c1. The van der Waals surface area contributed by atoms with E-state index in [1.807, 2.05) is 0 Å². The van der Waals surface area contributed by atoms with E-state index in [9.17, 15) is 12.8 Å². The van der Waals surface area contributed by atoms with Crippen LogP contribution < -0.4 is 0 Å². The van der Waals surface area contributed by atoms with E-state index in [1.54, 1.807) is 0 Å². The Morgan fingerprint density at radius 2 is 2.25 bits per heavy atom. The minimum atomic E-state index is -3.07. The molecule has 0 fully saturated rings. The summed E-state index contributed by atoms with van der Waals surface area (Å²) in [6, 6.07) is 6.37. The highest BCUT2D eigenvalue weighted by molar-refractivity contribution is 7.89. The van der Waals surface area contributed by atoms with Crippen LogP contribution in [0.5, 0.6) is 0 Å². The minimum Gasteiger partial charge on any atom is -0.229 e. The third kappa shape index (κ3) is 3.00. The van der Waals surface area contributed by atoms with Crippen molar-refractivity contribution in [3.8, 4) is 0 Å². The number of hydrogen-bond acceptors (Lipinski definition) is 2. The molecule has 65 valence electrons.